The molecule has 0 spiro atoms. The number of esters is 1. The summed E-state index contributed by atoms with van der Waals surface area (Å²) in [5.41, 5.74) is 0.419. The minimum Gasteiger partial charge on any atom is -0.489 e. The van der Waals surface area contributed by atoms with E-state index in [-0.39, 0.29) is 10.7 Å². The van der Waals surface area contributed by atoms with Gasteiger partial charge in [0.05, 0.1) is 16.3 Å². The normalized spacial score (nSPS) is 12.3. The lowest BCUT2D eigenvalue weighted by atomic mass is 10.2. The maximum absolute atomic E-state index is 12.9. The molecule has 0 radical (unpaired) electrons. The summed E-state index contributed by atoms with van der Waals surface area (Å²) < 4.78 is 49.4. The molecule has 3 aromatic rings. The highest BCUT2D eigenvalue weighted by molar-refractivity contribution is 6.33. The molecule has 10 heteroatoms. The number of rotatable bonds is 8. The van der Waals surface area contributed by atoms with Gasteiger partial charge in [0.2, 0.25) is 0 Å². The van der Waals surface area contributed by atoms with Crippen molar-refractivity contribution in [1.29, 1.82) is 0 Å². The van der Waals surface area contributed by atoms with Gasteiger partial charge in [0.15, 0.2) is 6.10 Å². The Balaban J connectivity index is 1.51. The number of anilines is 1. The third-order valence-electron chi connectivity index (χ3n) is 4.82. The van der Waals surface area contributed by atoms with E-state index in [1.807, 2.05) is 12.1 Å². The fourth-order valence-corrected chi connectivity index (χ4v) is 3.18. The maximum atomic E-state index is 12.9. The van der Waals surface area contributed by atoms with Gasteiger partial charge in [0.25, 0.3) is 5.91 Å². The lowest BCUT2D eigenvalue weighted by Gasteiger charge is -2.15. The molecule has 1 atom stereocenters. The summed E-state index contributed by atoms with van der Waals surface area (Å²) >= 11 is 11.7. The van der Waals surface area contributed by atoms with Gasteiger partial charge in [-0.3, -0.25) is 4.79 Å². The highest BCUT2D eigenvalue weighted by Crippen LogP contribution is 2.33. The SMILES string of the molecule is CC(OC(=O)C=Cc1ccc(OCc2ccc(Cl)cc2)cc1)C(=O)Nc1cc(C(F)(F)F)ccc1Cl. The molecule has 3 rings (SSSR count). The number of benzene rings is 3. The average Bonchev–Trinajstić information content (AvgIpc) is 2.83. The van der Waals surface area contributed by atoms with Crippen molar-refractivity contribution in [2.75, 3.05) is 5.32 Å². The first kappa shape index (κ1) is 27.1. The summed E-state index contributed by atoms with van der Waals surface area (Å²) in [6.07, 6.45) is -3.27. The molecular weight excluding hydrogens is 518 g/mol. The number of ether oxygens (including phenoxy) is 2. The van der Waals surface area contributed by atoms with Gasteiger partial charge < -0.3 is 14.8 Å². The zero-order valence-corrected chi connectivity index (χ0v) is 20.3. The molecule has 5 nitrogen and oxygen atoms in total. The molecule has 36 heavy (non-hydrogen) atoms. The van der Waals surface area contributed by atoms with Crippen LogP contribution in [0.1, 0.15) is 23.6 Å². The van der Waals surface area contributed by atoms with E-state index in [4.69, 9.17) is 32.7 Å². The van der Waals surface area contributed by atoms with Gasteiger partial charge in [-0.1, -0.05) is 47.5 Å². The van der Waals surface area contributed by atoms with Crippen LogP contribution in [0.3, 0.4) is 0 Å². The monoisotopic (exact) mass is 537 g/mol. The molecule has 1 amide bonds. The number of alkyl halides is 3. The molecule has 0 heterocycles. The van der Waals surface area contributed by atoms with Gasteiger partial charge in [0, 0.05) is 11.1 Å². The molecule has 0 aliphatic rings. The molecule has 188 valence electrons. The predicted octanol–water partition coefficient (Wildman–Crippen LogP) is 7.17. The number of carbonyl (C=O) groups is 2. The van der Waals surface area contributed by atoms with Crippen LogP contribution in [0, 0.1) is 0 Å². The molecule has 0 aliphatic heterocycles. The smallest absolute Gasteiger partial charge is 0.416 e. The number of halogens is 5. The minimum atomic E-state index is -4.60. The van der Waals surface area contributed by atoms with E-state index in [1.165, 1.54) is 13.0 Å². The summed E-state index contributed by atoms with van der Waals surface area (Å²) in [4.78, 5) is 24.4. The average molecular weight is 538 g/mol. The van der Waals surface area contributed by atoms with Crippen LogP contribution in [0.25, 0.3) is 6.08 Å². The first-order valence-corrected chi connectivity index (χ1v) is 11.3. The third kappa shape index (κ3) is 8.03. The van der Waals surface area contributed by atoms with Crippen LogP contribution < -0.4 is 10.1 Å². The van der Waals surface area contributed by atoms with Crippen LogP contribution >= 0.6 is 23.2 Å². The Bertz CT molecular complexity index is 1240. The summed E-state index contributed by atoms with van der Waals surface area (Å²) in [6, 6.07) is 16.7. The van der Waals surface area contributed by atoms with E-state index in [0.717, 1.165) is 23.8 Å². The van der Waals surface area contributed by atoms with E-state index in [0.29, 0.717) is 29.0 Å². The summed E-state index contributed by atoms with van der Waals surface area (Å²) in [5, 5.41) is 2.80. The highest BCUT2D eigenvalue weighted by atomic mass is 35.5. The van der Waals surface area contributed by atoms with E-state index in [2.05, 4.69) is 5.32 Å². The molecule has 0 bridgehead atoms. The molecule has 1 N–H and O–H groups in total. The molecule has 0 aliphatic carbocycles. The van der Waals surface area contributed by atoms with Gasteiger partial charge in [-0.2, -0.15) is 13.2 Å². The van der Waals surface area contributed by atoms with Crippen molar-refractivity contribution in [2.24, 2.45) is 0 Å². The molecule has 0 saturated carbocycles. The fraction of sp³-hybridized carbons (Fsp3) is 0.154. The predicted molar refractivity (Wildman–Crippen MR) is 132 cm³/mol. The van der Waals surface area contributed by atoms with Gasteiger partial charge in [0.1, 0.15) is 12.4 Å². The van der Waals surface area contributed by atoms with Crippen LogP contribution in [0.15, 0.2) is 72.8 Å². The zero-order chi connectivity index (χ0) is 26.3. The Morgan fingerprint density at radius 1 is 1.00 bits per heavy atom. The van der Waals surface area contributed by atoms with Crippen LogP contribution in [0.5, 0.6) is 5.75 Å². The third-order valence-corrected chi connectivity index (χ3v) is 5.41. The van der Waals surface area contributed by atoms with Crippen molar-refractivity contribution < 1.29 is 32.2 Å². The molecule has 0 saturated heterocycles. The maximum Gasteiger partial charge on any atom is 0.416 e. The molecule has 1 unspecified atom stereocenters. The molecular formula is C26H20Cl2F3NO4. The number of hydrogen-bond acceptors (Lipinski definition) is 4. The standard InChI is InChI=1S/C26H20Cl2F3NO4/c1-16(25(34)32-23-14-19(26(29,30)31)7-12-22(23)28)36-24(33)13-6-17-4-10-21(11-5-17)35-15-18-2-8-20(27)9-3-18/h2-14,16H,15H2,1H3,(H,32,34). The number of nitrogens with one attached hydrogen (secondary N) is 1. The second-order valence-electron chi connectivity index (χ2n) is 7.58. The van der Waals surface area contributed by atoms with E-state index in [9.17, 15) is 22.8 Å². The fourth-order valence-electron chi connectivity index (χ4n) is 2.89. The van der Waals surface area contributed by atoms with Crippen molar-refractivity contribution in [1.82, 2.24) is 0 Å². The van der Waals surface area contributed by atoms with Crippen molar-refractivity contribution in [3.8, 4) is 5.75 Å². The van der Waals surface area contributed by atoms with Crippen molar-refractivity contribution in [3.05, 3.63) is 99.5 Å². The Morgan fingerprint density at radius 2 is 1.67 bits per heavy atom. The number of amides is 1. The minimum absolute atomic E-state index is 0.0876. The Morgan fingerprint density at radius 3 is 2.31 bits per heavy atom. The molecule has 3 aromatic carbocycles. The van der Waals surface area contributed by atoms with Crippen molar-refractivity contribution in [3.63, 3.8) is 0 Å². The Hall–Kier alpha value is -3.49. The van der Waals surface area contributed by atoms with Gasteiger partial charge in [-0.15, -0.1) is 0 Å². The lowest BCUT2D eigenvalue weighted by molar-refractivity contribution is -0.148. The van der Waals surface area contributed by atoms with E-state index >= 15 is 0 Å². The molecule has 0 aromatic heterocycles. The highest BCUT2D eigenvalue weighted by Gasteiger charge is 2.31. The van der Waals surface area contributed by atoms with E-state index < -0.39 is 29.7 Å². The lowest BCUT2D eigenvalue weighted by Crippen LogP contribution is -2.29. The van der Waals surface area contributed by atoms with Crippen LogP contribution in [-0.2, 0) is 27.1 Å². The summed E-state index contributed by atoms with van der Waals surface area (Å²) in [5.74, 6) is -1.01. The van der Waals surface area contributed by atoms with Crippen molar-refractivity contribution >= 4 is 46.8 Å². The van der Waals surface area contributed by atoms with Crippen LogP contribution in [-0.4, -0.2) is 18.0 Å². The first-order valence-electron chi connectivity index (χ1n) is 10.5. The topological polar surface area (TPSA) is 64.6 Å². The summed E-state index contributed by atoms with van der Waals surface area (Å²) in [7, 11) is 0. The van der Waals surface area contributed by atoms with E-state index in [1.54, 1.807) is 36.4 Å². The van der Waals surface area contributed by atoms with Crippen LogP contribution in [0.4, 0.5) is 18.9 Å². The van der Waals surface area contributed by atoms with Gasteiger partial charge in [-0.05, 0) is 66.6 Å². The number of carbonyl (C=O) groups excluding carboxylic acids is 2. The Labute approximate surface area is 215 Å². The first-order chi connectivity index (χ1) is 17.0. The van der Waals surface area contributed by atoms with Crippen LogP contribution in [0.2, 0.25) is 10.0 Å². The largest absolute Gasteiger partial charge is 0.489 e. The zero-order valence-electron chi connectivity index (χ0n) is 18.8. The molecule has 0 fully saturated rings. The summed E-state index contributed by atoms with van der Waals surface area (Å²) in [6.45, 7) is 1.65. The second kappa shape index (κ2) is 12.0. The van der Waals surface area contributed by atoms with Crippen molar-refractivity contribution in [2.45, 2.75) is 25.8 Å². The Kier molecular flexibility index (Phi) is 9.01. The van der Waals surface area contributed by atoms with Gasteiger partial charge in [-0.25, -0.2) is 4.79 Å². The quantitative estimate of drug-likeness (QED) is 0.244. The van der Waals surface area contributed by atoms with Gasteiger partial charge >= 0.3 is 12.1 Å². The second-order valence-corrected chi connectivity index (χ2v) is 8.42. The number of hydrogen-bond donors (Lipinski definition) is 1.